The van der Waals surface area contributed by atoms with E-state index in [1.165, 1.54) is 18.4 Å². The Balaban J connectivity index is 1.47. The second-order valence-electron chi connectivity index (χ2n) is 6.47. The van der Waals surface area contributed by atoms with Gasteiger partial charge in [-0.2, -0.15) is 0 Å². The lowest BCUT2D eigenvalue weighted by Gasteiger charge is -2.16. The van der Waals surface area contributed by atoms with E-state index < -0.39 is 0 Å². The summed E-state index contributed by atoms with van der Waals surface area (Å²) >= 11 is 0. The third-order valence-corrected chi connectivity index (χ3v) is 4.60. The van der Waals surface area contributed by atoms with E-state index in [4.69, 9.17) is 4.42 Å². The molecule has 0 fully saturated rings. The van der Waals surface area contributed by atoms with Crippen molar-refractivity contribution in [2.75, 3.05) is 0 Å². The molecule has 0 spiro atoms. The Kier molecular flexibility index (Phi) is 4.89. The molecule has 0 radical (unpaired) electrons. The number of benzene rings is 2. The molecule has 4 aromatic rings. The first-order chi connectivity index (χ1) is 13.6. The van der Waals surface area contributed by atoms with Gasteiger partial charge < -0.3 is 14.3 Å². The molecule has 1 atom stereocenters. The van der Waals surface area contributed by atoms with Gasteiger partial charge >= 0.3 is 0 Å². The van der Waals surface area contributed by atoms with Crippen molar-refractivity contribution in [3.8, 4) is 0 Å². The number of carbonyl (C=O) groups is 1. The Labute approximate surface area is 161 Å². The van der Waals surface area contributed by atoms with Crippen molar-refractivity contribution in [2.24, 2.45) is 0 Å². The first kappa shape index (κ1) is 17.9. The number of nitrogens with one attached hydrogen (secondary N) is 1. The molecule has 0 saturated heterocycles. The van der Waals surface area contributed by atoms with Crippen LogP contribution >= 0.6 is 0 Å². The smallest absolute Gasteiger partial charge is 0.273 e. The van der Waals surface area contributed by atoms with E-state index in [0.717, 1.165) is 16.6 Å². The van der Waals surface area contributed by atoms with Gasteiger partial charge in [-0.3, -0.25) is 4.79 Å². The molecule has 2 aromatic heterocycles. The number of para-hydroxylation sites is 2. The van der Waals surface area contributed by atoms with Crippen LogP contribution in [0.1, 0.15) is 41.3 Å². The van der Waals surface area contributed by atoms with Crippen molar-refractivity contribution in [3.05, 3.63) is 84.1 Å². The van der Waals surface area contributed by atoms with E-state index >= 15 is 0 Å². The minimum absolute atomic E-state index is 0.208. The van der Waals surface area contributed by atoms with Crippen LogP contribution in [0.25, 0.3) is 11.0 Å². The van der Waals surface area contributed by atoms with Crippen LogP contribution in [-0.2, 0) is 6.54 Å². The largest absolute Gasteiger partial charge is 0.446 e. The minimum atomic E-state index is -0.332. The Hall–Kier alpha value is -3.48. The molecule has 0 aliphatic heterocycles. The topological polar surface area (TPSA) is 73.0 Å². The zero-order valence-electron chi connectivity index (χ0n) is 15.3. The highest BCUT2D eigenvalue weighted by molar-refractivity contribution is 5.92. The average Bonchev–Trinajstić information content (AvgIpc) is 3.35. The second-order valence-corrected chi connectivity index (χ2v) is 6.47. The molecular weight excluding hydrogens is 359 g/mol. The number of amides is 1. The number of hydrogen-bond acceptors (Lipinski definition) is 4. The van der Waals surface area contributed by atoms with Crippen molar-refractivity contribution in [2.45, 2.75) is 25.9 Å². The number of fused-ring (bicyclic) bond motifs is 1. The molecule has 0 saturated carbocycles. The average molecular weight is 378 g/mol. The maximum atomic E-state index is 13.1. The predicted octanol–water partition coefficient (Wildman–Crippen LogP) is 4.09. The number of carbonyl (C=O) groups excluding carboxylic acids is 1. The van der Waals surface area contributed by atoms with Crippen LogP contribution in [0.5, 0.6) is 0 Å². The van der Waals surface area contributed by atoms with Gasteiger partial charge in [-0.1, -0.05) is 31.2 Å². The highest BCUT2D eigenvalue weighted by atomic mass is 19.1. The van der Waals surface area contributed by atoms with Gasteiger partial charge in [-0.25, -0.2) is 14.4 Å². The minimum Gasteiger partial charge on any atom is -0.446 e. The quantitative estimate of drug-likeness (QED) is 0.548. The molecule has 142 valence electrons. The summed E-state index contributed by atoms with van der Waals surface area (Å²) in [4.78, 5) is 21.2. The third-order valence-electron chi connectivity index (χ3n) is 4.60. The van der Waals surface area contributed by atoms with E-state index in [0.29, 0.717) is 18.9 Å². The van der Waals surface area contributed by atoms with Gasteiger partial charge in [0.05, 0.1) is 23.4 Å². The van der Waals surface area contributed by atoms with Crippen LogP contribution in [0, 0.1) is 5.82 Å². The molecule has 2 aromatic carbocycles. The van der Waals surface area contributed by atoms with Crippen molar-refractivity contribution in [1.29, 1.82) is 0 Å². The van der Waals surface area contributed by atoms with Crippen molar-refractivity contribution in [3.63, 3.8) is 0 Å². The normalized spacial score (nSPS) is 12.2. The van der Waals surface area contributed by atoms with Crippen LogP contribution < -0.4 is 5.32 Å². The fourth-order valence-electron chi connectivity index (χ4n) is 3.12. The number of halogens is 1. The summed E-state index contributed by atoms with van der Waals surface area (Å²) in [5, 5.41) is 2.92. The van der Waals surface area contributed by atoms with Gasteiger partial charge in [0.2, 0.25) is 5.89 Å². The van der Waals surface area contributed by atoms with Crippen molar-refractivity contribution < 1.29 is 13.6 Å². The second kappa shape index (κ2) is 7.64. The number of rotatable bonds is 6. The van der Waals surface area contributed by atoms with Crippen LogP contribution in [0.15, 0.2) is 65.5 Å². The molecule has 1 N–H and O–H groups in total. The first-order valence-corrected chi connectivity index (χ1v) is 9.04. The van der Waals surface area contributed by atoms with Gasteiger partial charge in [0.25, 0.3) is 5.91 Å². The molecule has 2 heterocycles. The molecular formula is C21H19FN4O2. The molecule has 6 nitrogen and oxygen atoms in total. The molecule has 0 unspecified atom stereocenters. The van der Waals surface area contributed by atoms with Crippen LogP contribution in [-0.4, -0.2) is 20.4 Å². The number of nitrogens with zero attached hydrogens (tertiary/aromatic N) is 3. The Bertz CT molecular complexity index is 1100. The summed E-state index contributed by atoms with van der Waals surface area (Å²) in [6.07, 6.45) is 3.74. The fourth-order valence-corrected chi connectivity index (χ4v) is 3.12. The van der Waals surface area contributed by atoms with E-state index in [1.807, 2.05) is 35.8 Å². The van der Waals surface area contributed by atoms with Crippen molar-refractivity contribution in [1.82, 2.24) is 19.9 Å². The summed E-state index contributed by atoms with van der Waals surface area (Å²) in [6.45, 7) is 2.33. The summed E-state index contributed by atoms with van der Waals surface area (Å²) < 4.78 is 20.5. The van der Waals surface area contributed by atoms with E-state index in [9.17, 15) is 9.18 Å². The predicted molar refractivity (Wildman–Crippen MR) is 102 cm³/mol. The van der Waals surface area contributed by atoms with Crippen LogP contribution in [0.2, 0.25) is 0 Å². The molecule has 0 bridgehead atoms. The molecule has 0 aliphatic carbocycles. The standard InChI is InChI=1S/C21H19FN4O2/c1-2-16(14-7-9-15(22)10-8-14)25-21(27)18-12-28-20(24-18)11-26-13-23-17-5-3-4-6-19(17)26/h3-10,12-13,16H,2,11H2,1H3,(H,25,27)/t16-/m1/s1. The zero-order chi connectivity index (χ0) is 19.5. The van der Waals surface area contributed by atoms with E-state index in [2.05, 4.69) is 15.3 Å². The summed E-state index contributed by atoms with van der Waals surface area (Å²) in [5.41, 5.74) is 2.90. The fraction of sp³-hybridized carbons (Fsp3) is 0.190. The highest BCUT2D eigenvalue weighted by Crippen LogP contribution is 2.18. The van der Waals surface area contributed by atoms with Crippen molar-refractivity contribution >= 4 is 16.9 Å². The lowest BCUT2D eigenvalue weighted by molar-refractivity contribution is 0.0930. The van der Waals surface area contributed by atoms with Gasteiger partial charge in [0.15, 0.2) is 5.69 Å². The molecule has 28 heavy (non-hydrogen) atoms. The zero-order valence-corrected chi connectivity index (χ0v) is 15.3. The molecule has 7 heteroatoms. The van der Waals surface area contributed by atoms with Crippen LogP contribution in [0.3, 0.4) is 0 Å². The van der Waals surface area contributed by atoms with Crippen LogP contribution in [0.4, 0.5) is 4.39 Å². The maximum Gasteiger partial charge on any atom is 0.273 e. The number of aromatic nitrogens is 3. The van der Waals surface area contributed by atoms with Gasteiger partial charge in [-0.15, -0.1) is 0 Å². The summed E-state index contributed by atoms with van der Waals surface area (Å²) in [6, 6.07) is 13.6. The number of imidazole rings is 1. The first-order valence-electron chi connectivity index (χ1n) is 9.04. The lowest BCUT2D eigenvalue weighted by atomic mass is 10.0. The molecule has 4 rings (SSSR count). The number of oxazole rings is 1. The monoisotopic (exact) mass is 378 g/mol. The van der Waals surface area contributed by atoms with Gasteiger partial charge in [0.1, 0.15) is 18.6 Å². The Morgan fingerprint density at radius 1 is 1.21 bits per heavy atom. The van der Waals surface area contributed by atoms with Gasteiger partial charge in [0, 0.05) is 0 Å². The summed E-state index contributed by atoms with van der Waals surface area (Å²) in [5.74, 6) is -0.220. The highest BCUT2D eigenvalue weighted by Gasteiger charge is 2.18. The molecule has 0 aliphatic rings. The van der Waals surface area contributed by atoms with E-state index in [-0.39, 0.29) is 23.5 Å². The number of hydrogen-bond donors (Lipinski definition) is 1. The third kappa shape index (κ3) is 3.64. The van der Waals surface area contributed by atoms with E-state index in [1.54, 1.807) is 18.5 Å². The SMILES string of the molecule is CC[C@@H](NC(=O)c1coc(Cn2cnc3ccccc32)n1)c1ccc(F)cc1. The lowest BCUT2D eigenvalue weighted by Crippen LogP contribution is -2.28. The summed E-state index contributed by atoms with van der Waals surface area (Å²) in [7, 11) is 0. The molecule has 1 amide bonds. The Morgan fingerprint density at radius 2 is 2.00 bits per heavy atom. The Morgan fingerprint density at radius 3 is 2.79 bits per heavy atom. The van der Waals surface area contributed by atoms with Gasteiger partial charge in [-0.05, 0) is 36.2 Å². The maximum absolute atomic E-state index is 13.1.